The average molecular weight is 947 g/mol. The number of ether oxygens (including phenoxy) is 2. The molecule has 4 N–H and O–H groups in total. The highest BCUT2D eigenvalue weighted by atomic mass is 16.5. The Balaban J connectivity index is 0.000000206. The minimum Gasteiger partial charge on any atom is -0.482 e. The van der Waals surface area contributed by atoms with Crippen LogP contribution in [0.25, 0.3) is 21.8 Å². The highest BCUT2D eigenvalue weighted by Gasteiger charge is 2.17. The van der Waals surface area contributed by atoms with E-state index in [1.54, 1.807) is 86.9 Å². The lowest BCUT2D eigenvalue weighted by molar-refractivity contribution is -0.140. The van der Waals surface area contributed by atoms with Gasteiger partial charge in [0.05, 0.1) is 34.9 Å². The average Bonchev–Trinajstić information content (AvgIpc) is 3.38. The Kier molecular flexibility index (Phi) is 15.3. The summed E-state index contributed by atoms with van der Waals surface area (Å²) in [5, 5.41) is 23.5. The summed E-state index contributed by atoms with van der Waals surface area (Å²) in [6.07, 6.45) is 0. The highest BCUT2D eigenvalue weighted by molar-refractivity contribution is 5.98. The SMILES string of the molecule is Cn1c(=O)n(Cc2ccccc2)c(=O)c2cc(C(=O)NCc3ccc(OCC(=O)O)cc3)ccc21.Cn1c(=O)n(Cc2ccccc2)c(=O)c2cc(C(=O)NCc3ccc(OCC(=O)O)cc3)ccc21. The number of carboxylic acid groups (broad SMARTS) is 2. The Bertz CT molecular complexity index is 3240. The number of aliphatic carboxylic acids is 2. The van der Waals surface area contributed by atoms with E-state index in [2.05, 4.69) is 10.6 Å². The second-order valence-corrected chi connectivity index (χ2v) is 15.9. The summed E-state index contributed by atoms with van der Waals surface area (Å²) in [5.74, 6) is -2.06. The fourth-order valence-corrected chi connectivity index (χ4v) is 7.39. The van der Waals surface area contributed by atoms with E-state index in [4.69, 9.17) is 19.7 Å². The van der Waals surface area contributed by atoms with Crippen LogP contribution >= 0.6 is 0 Å². The number of amides is 2. The minimum absolute atomic E-state index is 0.130. The van der Waals surface area contributed by atoms with Crippen LogP contribution in [0.2, 0.25) is 0 Å². The van der Waals surface area contributed by atoms with Crippen molar-refractivity contribution in [3.05, 3.63) is 221 Å². The van der Waals surface area contributed by atoms with Gasteiger partial charge in [0.2, 0.25) is 0 Å². The van der Waals surface area contributed by atoms with E-state index in [9.17, 15) is 38.4 Å². The number of hydrogen-bond donors (Lipinski definition) is 4. The number of carbonyl (C=O) groups excluding carboxylic acids is 2. The molecule has 0 aliphatic rings. The van der Waals surface area contributed by atoms with Crippen LogP contribution in [0.15, 0.2) is 165 Å². The first kappa shape index (κ1) is 48.6. The zero-order chi connectivity index (χ0) is 49.9. The molecule has 0 saturated carbocycles. The van der Waals surface area contributed by atoms with Crippen LogP contribution in [0.1, 0.15) is 43.0 Å². The summed E-state index contributed by atoms with van der Waals surface area (Å²) in [6.45, 7) is -0.160. The van der Waals surface area contributed by atoms with E-state index in [1.807, 2.05) is 60.7 Å². The number of carbonyl (C=O) groups is 4. The standard InChI is InChI=1S/2C26H23N3O6/c2*1-28-22-12-9-19(24(32)27-14-17-7-10-20(11-8-17)35-16-23(30)31)13-21(22)25(33)29(26(28)34)15-18-5-3-2-4-6-18/h2*2-13H,14-16H2,1H3,(H,27,32)(H,30,31). The van der Waals surface area contributed by atoms with Gasteiger partial charge in [0.15, 0.2) is 13.2 Å². The minimum atomic E-state index is -1.07. The monoisotopic (exact) mass is 946 g/mol. The van der Waals surface area contributed by atoms with Gasteiger partial charge in [0.25, 0.3) is 22.9 Å². The predicted molar refractivity (Wildman–Crippen MR) is 259 cm³/mol. The molecule has 8 rings (SSSR count). The zero-order valence-electron chi connectivity index (χ0n) is 37.9. The fourth-order valence-electron chi connectivity index (χ4n) is 7.39. The van der Waals surface area contributed by atoms with E-state index in [0.717, 1.165) is 31.4 Å². The summed E-state index contributed by atoms with van der Waals surface area (Å²) in [7, 11) is 3.18. The van der Waals surface area contributed by atoms with Gasteiger partial charge < -0.3 is 30.3 Å². The number of aromatic nitrogens is 4. The van der Waals surface area contributed by atoms with Crippen molar-refractivity contribution in [3.63, 3.8) is 0 Å². The van der Waals surface area contributed by atoms with E-state index >= 15 is 0 Å². The Hall–Kier alpha value is -9.32. The molecule has 0 fully saturated rings. The molecule has 0 unspecified atom stereocenters. The summed E-state index contributed by atoms with van der Waals surface area (Å²) in [4.78, 5) is 98.6. The molecule has 2 amide bonds. The van der Waals surface area contributed by atoms with Crippen molar-refractivity contribution >= 4 is 45.6 Å². The molecule has 2 heterocycles. The number of hydrogen-bond acceptors (Lipinski definition) is 10. The first-order valence-electron chi connectivity index (χ1n) is 21.7. The Morgan fingerprint density at radius 2 is 0.829 bits per heavy atom. The van der Waals surface area contributed by atoms with E-state index in [0.29, 0.717) is 33.7 Å². The van der Waals surface area contributed by atoms with Crippen molar-refractivity contribution in [1.29, 1.82) is 0 Å². The lowest BCUT2D eigenvalue weighted by atomic mass is 10.1. The third kappa shape index (κ3) is 11.8. The second-order valence-electron chi connectivity index (χ2n) is 15.9. The number of aryl methyl sites for hydroxylation is 2. The Morgan fingerprint density at radius 3 is 1.17 bits per heavy atom. The smallest absolute Gasteiger partial charge is 0.341 e. The Labute approximate surface area is 397 Å². The van der Waals surface area contributed by atoms with Crippen molar-refractivity contribution < 1.29 is 38.9 Å². The van der Waals surface area contributed by atoms with Crippen molar-refractivity contribution in [2.75, 3.05) is 13.2 Å². The molecule has 8 aromatic rings. The summed E-state index contributed by atoms with van der Waals surface area (Å²) in [5.41, 5.74) is 2.90. The van der Waals surface area contributed by atoms with Crippen LogP contribution < -0.4 is 42.6 Å². The van der Waals surface area contributed by atoms with Gasteiger partial charge in [-0.1, -0.05) is 84.9 Å². The van der Waals surface area contributed by atoms with Gasteiger partial charge in [0, 0.05) is 38.3 Å². The maximum absolute atomic E-state index is 13.2. The van der Waals surface area contributed by atoms with Gasteiger partial charge in [-0.2, -0.15) is 0 Å². The maximum atomic E-state index is 13.2. The molecular formula is C52H46N6O12. The molecular weight excluding hydrogens is 901 g/mol. The number of benzene rings is 6. The summed E-state index contributed by atoms with van der Waals surface area (Å²) < 4.78 is 15.3. The van der Waals surface area contributed by atoms with Crippen molar-refractivity contribution in [2.45, 2.75) is 26.2 Å². The van der Waals surface area contributed by atoms with Crippen LogP contribution in [0.4, 0.5) is 0 Å². The van der Waals surface area contributed by atoms with Crippen molar-refractivity contribution in [3.8, 4) is 11.5 Å². The predicted octanol–water partition coefficient (Wildman–Crippen LogP) is 4.28. The number of nitrogens with one attached hydrogen (secondary N) is 2. The van der Waals surface area contributed by atoms with E-state index in [1.165, 1.54) is 21.3 Å². The van der Waals surface area contributed by atoms with Gasteiger partial charge in [-0.3, -0.25) is 37.4 Å². The third-order valence-corrected chi connectivity index (χ3v) is 11.1. The topological polar surface area (TPSA) is 239 Å². The lowest BCUT2D eigenvalue weighted by Gasteiger charge is -2.12. The molecule has 18 heteroatoms. The molecule has 0 saturated heterocycles. The summed E-state index contributed by atoms with van der Waals surface area (Å²) >= 11 is 0. The van der Waals surface area contributed by atoms with Crippen LogP contribution in [0.5, 0.6) is 11.5 Å². The largest absolute Gasteiger partial charge is 0.482 e. The number of rotatable bonds is 16. The normalized spacial score (nSPS) is 10.8. The molecule has 0 spiro atoms. The van der Waals surface area contributed by atoms with E-state index in [-0.39, 0.29) is 48.8 Å². The second kappa shape index (κ2) is 22.0. The molecule has 0 radical (unpaired) electrons. The van der Waals surface area contributed by atoms with Crippen molar-refractivity contribution in [1.82, 2.24) is 28.9 Å². The fraction of sp³-hybridized carbons (Fsp3) is 0.154. The molecule has 0 atom stereocenters. The first-order chi connectivity index (χ1) is 33.7. The van der Waals surface area contributed by atoms with Crippen LogP contribution in [-0.4, -0.2) is 65.4 Å². The molecule has 0 bridgehead atoms. The molecule has 356 valence electrons. The van der Waals surface area contributed by atoms with E-state index < -0.39 is 47.7 Å². The molecule has 0 aliphatic carbocycles. The highest BCUT2D eigenvalue weighted by Crippen LogP contribution is 2.16. The third-order valence-electron chi connectivity index (χ3n) is 11.1. The number of carboxylic acids is 2. The van der Waals surface area contributed by atoms with Crippen LogP contribution in [-0.2, 0) is 49.9 Å². The van der Waals surface area contributed by atoms with Gasteiger partial charge in [-0.05, 0) is 82.9 Å². The molecule has 70 heavy (non-hydrogen) atoms. The lowest BCUT2D eigenvalue weighted by Crippen LogP contribution is -2.39. The summed E-state index contributed by atoms with van der Waals surface area (Å²) in [6, 6.07) is 41.1. The molecule has 18 nitrogen and oxygen atoms in total. The quantitative estimate of drug-likeness (QED) is 0.106. The van der Waals surface area contributed by atoms with Gasteiger partial charge in [0.1, 0.15) is 11.5 Å². The number of nitrogens with zero attached hydrogens (tertiary/aromatic N) is 4. The first-order valence-corrected chi connectivity index (χ1v) is 21.7. The van der Waals surface area contributed by atoms with Gasteiger partial charge in [-0.15, -0.1) is 0 Å². The van der Waals surface area contributed by atoms with Gasteiger partial charge in [-0.25, -0.2) is 19.2 Å². The molecule has 0 aliphatic heterocycles. The number of fused-ring (bicyclic) bond motifs is 2. The van der Waals surface area contributed by atoms with Gasteiger partial charge >= 0.3 is 23.3 Å². The molecule has 6 aromatic carbocycles. The maximum Gasteiger partial charge on any atom is 0.341 e. The molecule has 2 aromatic heterocycles. The van der Waals surface area contributed by atoms with Crippen molar-refractivity contribution in [2.24, 2.45) is 14.1 Å². The Morgan fingerprint density at radius 1 is 0.471 bits per heavy atom. The van der Waals surface area contributed by atoms with Crippen LogP contribution in [0.3, 0.4) is 0 Å². The van der Waals surface area contributed by atoms with Crippen LogP contribution in [0, 0.1) is 0 Å². The zero-order valence-corrected chi connectivity index (χ0v) is 37.9.